The molecule has 24 atom stereocenters. The molecule has 4 saturated carbocycles. The van der Waals surface area contributed by atoms with Gasteiger partial charge in [0.15, 0.2) is 0 Å². The molecule has 4 aliphatic carbocycles. The third-order valence-corrected chi connectivity index (χ3v) is 29.4. The summed E-state index contributed by atoms with van der Waals surface area (Å²) in [7, 11) is 18.9. The number of methoxy groups -OCH3 is 4. The van der Waals surface area contributed by atoms with Gasteiger partial charge in [0.05, 0.1) is 92.3 Å². The van der Waals surface area contributed by atoms with Crippen LogP contribution in [0.5, 0.6) is 17.2 Å². The predicted octanol–water partition coefficient (Wildman–Crippen LogP) is 14.9. The van der Waals surface area contributed by atoms with E-state index >= 15 is 0 Å². The van der Waals surface area contributed by atoms with Gasteiger partial charge in [0.2, 0.25) is 0 Å². The monoisotopic (exact) mass is 1790 g/mol. The number of epoxide rings is 8. The number of rotatable bonds is 42. The first-order valence-corrected chi connectivity index (χ1v) is 48.0. The lowest BCUT2D eigenvalue weighted by Gasteiger charge is -2.42. The summed E-state index contributed by atoms with van der Waals surface area (Å²) < 4.78 is 107. The van der Waals surface area contributed by atoms with Crippen molar-refractivity contribution in [3.8, 4) is 17.2 Å². The van der Waals surface area contributed by atoms with Gasteiger partial charge in [0.1, 0.15) is 113 Å². The first-order valence-electron chi connectivity index (χ1n) is 48.0. The number of hydrogen-bond donors (Lipinski definition) is 1. The van der Waals surface area contributed by atoms with Gasteiger partial charge < -0.3 is 105 Å². The number of allylic oxidation sites excluding steroid dienone is 1. The van der Waals surface area contributed by atoms with Crippen molar-refractivity contribution in [2.45, 2.75) is 323 Å². The number of carbonyl (C=O) groups excluding carboxylic acids is 3. The Morgan fingerprint density at radius 1 is 0.438 bits per heavy atom. The Kier molecular flexibility index (Phi) is 34.6. The molecule has 0 bridgehead atoms. The summed E-state index contributed by atoms with van der Waals surface area (Å²) in [6, 6.07) is 23.6. The molecular weight excluding hydrogens is 1630 g/mol. The molecule has 8 aliphatic heterocycles. The largest absolute Gasteiger partial charge is 0.492 e. The van der Waals surface area contributed by atoms with Crippen molar-refractivity contribution in [2.24, 2.45) is 41.4 Å². The molecule has 25 heteroatoms. The molecule has 3 aromatic carbocycles. The highest BCUT2D eigenvalue weighted by Gasteiger charge is 2.76. The third kappa shape index (κ3) is 25.9. The molecule has 8 heterocycles. The lowest BCUT2D eigenvalue weighted by molar-refractivity contribution is -0.172. The average Bonchev–Trinajstić information content (AvgIpc) is 1.55. The summed E-state index contributed by atoms with van der Waals surface area (Å²) in [5.41, 5.74) is 2.56. The molecule has 3 aromatic rings. The van der Waals surface area contributed by atoms with Crippen LogP contribution in [0.15, 0.2) is 90.5 Å². The van der Waals surface area contributed by atoms with Crippen LogP contribution in [0.2, 0.25) is 0 Å². The van der Waals surface area contributed by atoms with E-state index in [9.17, 15) is 19.5 Å². The summed E-state index contributed by atoms with van der Waals surface area (Å²) >= 11 is 0. The predicted molar refractivity (Wildman–Crippen MR) is 491 cm³/mol. The topological polar surface area (TPSA) is 274 Å². The van der Waals surface area contributed by atoms with E-state index in [1.165, 1.54) is 18.1 Å². The second kappa shape index (κ2) is 43.8. The van der Waals surface area contributed by atoms with Crippen LogP contribution in [-0.4, -0.2) is 292 Å². The highest BCUT2D eigenvalue weighted by Crippen LogP contribution is 2.64. The lowest BCUT2D eigenvalue weighted by atomic mass is 9.68. The van der Waals surface area contributed by atoms with E-state index in [0.717, 1.165) is 170 Å². The van der Waals surface area contributed by atoms with E-state index in [4.69, 9.17) is 85.3 Å². The molecular formula is C103H159N3O22. The molecule has 718 valence electrons. The van der Waals surface area contributed by atoms with Crippen LogP contribution in [0.25, 0.3) is 6.08 Å². The highest BCUT2D eigenvalue weighted by molar-refractivity contribution is 5.87. The van der Waals surface area contributed by atoms with Gasteiger partial charge in [-0.3, -0.25) is 9.59 Å². The Morgan fingerprint density at radius 3 is 1.05 bits per heavy atom. The molecule has 128 heavy (non-hydrogen) atoms. The SMILES string of the molecule is CO[C@@H]1[C@H](O)CC[C@]2(CO2)[C@H]1[C@@]1(C)O[C@@H]1CCC(C)C.CO[C@@H]1[C@H](OC(=O)/C=C/c2ccc(OCCN(C)C)cc2)CCC2(CO2)[C@H]1[C@@]1(C)O[C@@H]1CCC(C)C.CO[C@@H]1[C@H](OC(=O)CCc2ccc(OCCN(C)C)cc2)CCC2(CO2)[C@H]1[C@@]1(C)O[C@@H]1CC=C(C)C.CO[C@@H]1[C@H](OC(=O)CCc2ccc(OCCN(C)C)cc2)CCC2(CO2)[C@H]1[C@@]1(C)O[C@@H]1CCC(C)C. The van der Waals surface area contributed by atoms with Gasteiger partial charge in [-0.15, -0.1) is 0 Å². The number of nitrogens with zero attached hydrogens (tertiary/aromatic N) is 3. The van der Waals surface area contributed by atoms with Crippen molar-refractivity contribution < 1.29 is 105 Å². The van der Waals surface area contributed by atoms with Crippen LogP contribution in [-0.2, 0) is 98.3 Å². The molecule has 12 fully saturated rings. The number of hydrogen-bond acceptors (Lipinski definition) is 25. The van der Waals surface area contributed by atoms with Crippen molar-refractivity contribution in [2.75, 3.05) is 137 Å². The van der Waals surface area contributed by atoms with Crippen molar-refractivity contribution >= 4 is 24.0 Å². The minimum atomic E-state index is -0.397. The fraction of sp³-hybridized carbons (Fsp3) is 0.757. The van der Waals surface area contributed by atoms with E-state index in [1.807, 2.05) is 115 Å². The van der Waals surface area contributed by atoms with Gasteiger partial charge in [-0.1, -0.05) is 89.6 Å². The number of aliphatic hydroxyl groups excluding tert-OH is 1. The van der Waals surface area contributed by atoms with Crippen LogP contribution in [0, 0.1) is 41.4 Å². The maximum Gasteiger partial charge on any atom is 0.331 e. The molecule has 12 aliphatic rings. The van der Waals surface area contributed by atoms with E-state index in [-0.39, 0.29) is 147 Å². The van der Waals surface area contributed by atoms with Crippen molar-refractivity contribution in [1.82, 2.24) is 14.7 Å². The minimum Gasteiger partial charge on any atom is -0.492 e. The van der Waals surface area contributed by atoms with Crippen molar-refractivity contribution in [3.63, 3.8) is 0 Å². The molecule has 15 rings (SSSR count). The average molecular weight is 1790 g/mol. The number of esters is 3. The maximum atomic E-state index is 12.8. The molecule has 3 unspecified atom stereocenters. The Bertz CT molecular complexity index is 4060. The van der Waals surface area contributed by atoms with Crippen molar-refractivity contribution in [3.05, 3.63) is 107 Å². The van der Waals surface area contributed by atoms with Crippen LogP contribution < -0.4 is 14.2 Å². The normalized spacial score (nSPS) is 35.9. The first kappa shape index (κ1) is 101. The van der Waals surface area contributed by atoms with Crippen LogP contribution >= 0.6 is 0 Å². The molecule has 0 aromatic heterocycles. The first-order chi connectivity index (χ1) is 60.9. The number of aryl methyl sites for hydroxylation is 2. The highest BCUT2D eigenvalue weighted by atomic mass is 16.7. The van der Waals surface area contributed by atoms with Crippen LogP contribution in [0.1, 0.15) is 209 Å². The molecule has 25 nitrogen and oxygen atoms in total. The second-order valence-electron chi connectivity index (χ2n) is 41.6. The van der Waals surface area contributed by atoms with E-state index in [0.29, 0.717) is 69.4 Å². The Labute approximate surface area is 765 Å². The Morgan fingerprint density at radius 2 is 0.742 bits per heavy atom. The quantitative estimate of drug-likeness (QED) is 0.0181. The second-order valence-corrected chi connectivity index (χ2v) is 41.6. The van der Waals surface area contributed by atoms with Gasteiger partial charge in [-0.25, -0.2) is 4.79 Å². The summed E-state index contributed by atoms with van der Waals surface area (Å²) in [5.74, 6) is 4.05. The molecule has 4 spiro atoms. The fourth-order valence-electron chi connectivity index (χ4n) is 21.3. The molecule has 0 radical (unpaired) electrons. The van der Waals surface area contributed by atoms with E-state index in [1.54, 1.807) is 34.5 Å². The van der Waals surface area contributed by atoms with Gasteiger partial charge in [0, 0.05) is 67.0 Å². The third-order valence-electron chi connectivity index (χ3n) is 29.4. The smallest absolute Gasteiger partial charge is 0.331 e. The van der Waals surface area contributed by atoms with Crippen LogP contribution in [0.3, 0.4) is 0 Å². The van der Waals surface area contributed by atoms with Crippen molar-refractivity contribution in [1.29, 1.82) is 0 Å². The van der Waals surface area contributed by atoms with Gasteiger partial charge in [-0.05, 0) is 270 Å². The summed E-state index contributed by atoms with van der Waals surface area (Å²) in [6.07, 6.45) is 20.1. The van der Waals surface area contributed by atoms with E-state index in [2.05, 4.69) is 104 Å². The maximum absolute atomic E-state index is 12.8. The standard InChI is InChI=1S/C29H45NO6.2C29H43NO6.C16H28O4/c3*1-20(2)7-13-24-28(3,36-24)27-26(32-6)23(15-16-29(27)19-34-29)35-25(31)14-10-21-8-11-22(12-9-21)33-18-17-30(4)5;1-10(2)5-6-12-15(3,20-12)14-13(18-4)11(17)7-8-16(14)9-19-16/h8-9,11-12,20,23-24,26-27H,7,10,13-19H2,1-6H3;8-12,14,20,23-24,26-27H,7,13,15-19H2,1-6H3;7-9,11-12,23-24,26-27H,10,13-19H2,1-6H3;10-14,17H,5-9H2,1-4H3/b;14-10+;;/t3*23-,24-,26-,27-,28+,29?;11-,12-,13-,14-,15+,16+/m1111/s1. The number of ether oxygens (including phenoxy) is 18. The lowest BCUT2D eigenvalue weighted by Crippen LogP contribution is -2.55. The Hall–Kier alpha value is -5.69. The fourth-order valence-corrected chi connectivity index (χ4v) is 21.3. The Balaban J connectivity index is 0.000000158. The summed E-state index contributed by atoms with van der Waals surface area (Å²) in [5, 5.41) is 10.3. The zero-order valence-corrected chi connectivity index (χ0v) is 81.5. The van der Waals surface area contributed by atoms with Crippen LogP contribution in [0.4, 0.5) is 0 Å². The van der Waals surface area contributed by atoms with E-state index < -0.39 is 6.10 Å². The summed E-state index contributed by atoms with van der Waals surface area (Å²) in [4.78, 5) is 44.7. The van der Waals surface area contributed by atoms with Gasteiger partial charge in [-0.2, -0.15) is 0 Å². The zero-order chi connectivity index (χ0) is 92.3. The van der Waals surface area contributed by atoms with Gasteiger partial charge >= 0.3 is 17.9 Å². The summed E-state index contributed by atoms with van der Waals surface area (Å²) in [6.45, 7) is 33.9. The molecule has 0 amide bonds. The number of carbonyl (C=O) groups is 3. The number of aliphatic hydroxyl groups is 1. The van der Waals surface area contributed by atoms with Gasteiger partial charge in [0.25, 0.3) is 0 Å². The minimum absolute atomic E-state index is 0.0390. The number of likely N-dealkylation sites (N-methyl/N-ethyl adjacent to an activating group) is 3. The zero-order valence-electron chi connectivity index (χ0n) is 81.5. The number of benzene rings is 3. The molecule has 1 N–H and O–H groups in total. The molecule has 8 saturated heterocycles.